The monoisotopic (exact) mass is 236 g/mol. The summed E-state index contributed by atoms with van der Waals surface area (Å²) in [5, 5.41) is 0. The lowest BCUT2D eigenvalue weighted by molar-refractivity contribution is -0.137. The molecular weight excluding hydrogens is 220 g/mol. The summed E-state index contributed by atoms with van der Waals surface area (Å²) < 4.78 is 10.5. The van der Waals surface area contributed by atoms with Crippen molar-refractivity contribution in [1.82, 2.24) is 0 Å². The second-order valence-electron chi connectivity index (χ2n) is 3.37. The second-order valence-corrected chi connectivity index (χ2v) is 7.92. The topological polar surface area (TPSA) is 35.5 Å². The average Bonchev–Trinajstić information content (AvgIpc) is 2.14. The first kappa shape index (κ1) is 13.7. The van der Waals surface area contributed by atoms with Crippen LogP contribution in [0.15, 0.2) is 12.2 Å². The van der Waals surface area contributed by atoms with Gasteiger partial charge in [0.25, 0.3) is 0 Å². The van der Waals surface area contributed by atoms with E-state index in [2.05, 4.69) is 6.58 Å². The highest BCUT2D eigenvalue weighted by atomic mass is 35.5. The Morgan fingerprint density at radius 2 is 2.14 bits per heavy atom. The van der Waals surface area contributed by atoms with Crippen LogP contribution in [-0.4, -0.2) is 32.6 Å². The average molecular weight is 237 g/mol. The fourth-order valence-electron chi connectivity index (χ4n) is 0.809. The molecule has 0 aromatic heterocycles. The molecule has 0 saturated carbocycles. The number of carbonyl (C=O) groups is 1. The zero-order valence-electron chi connectivity index (χ0n) is 8.93. The zero-order valence-corrected chi connectivity index (χ0v) is 10.7. The van der Waals surface area contributed by atoms with E-state index < -0.39 is 8.32 Å². The molecular formula is C9H17ClO3Si. The highest BCUT2D eigenvalue weighted by molar-refractivity contribution is 6.78. The van der Waals surface area contributed by atoms with Crippen molar-refractivity contribution in [3.05, 3.63) is 12.2 Å². The maximum Gasteiger partial charge on any atom is 0.332 e. The number of carbonyl (C=O) groups excluding carboxylic acids is 1. The Labute approximate surface area is 91.2 Å². The summed E-state index contributed by atoms with van der Waals surface area (Å²) in [6, 6.07) is 0. The first-order valence-electron chi connectivity index (χ1n) is 4.47. The van der Waals surface area contributed by atoms with Crippen molar-refractivity contribution in [2.45, 2.75) is 20.4 Å². The van der Waals surface area contributed by atoms with Crippen molar-refractivity contribution in [3.8, 4) is 0 Å². The van der Waals surface area contributed by atoms with E-state index >= 15 is 0 Å². The van der Waals surface area contributed by atoms with Gasteiger partial charge in [-0.1, -0.05) is 6.58 Å². The Balaban J connectivity index is 4.07. The Hall–Kier alpha value is -0.323. The first-order valence-corrected chi connectivity index (χ1v) is 7.83. The van der Waals surface area contributed by atoms with Crippen molar-refractivity contribution in [2.75, 3.05) is 18.3 Å². The van der Waals surface area contributed by atoms with Gasteiger partial charge in [0.05, 0.1) is 0 Å². The van der Waals surface area contributed by atoms with E-state index in [4.69, 9.17) is 20.8 Å². The lowest BCUT2D eigenvalue weighted by atomic mass is 10.4. The predicted molar refractivity (Wildman–Crippen MR) is 59.7 cm³/mol. The lowest BCUT2D eigenvalue weighted by Crippen LogP contribution is -2.44. The molecule has 82 valence electrons. The quantitative estimate of drug-likeness (QED) is 0.306. The third kappa shape index (κ3) is 4.79. The van der Waals surface area contributed by atoms with Crippen LogP contribution in [-0.2, 0) is 14.0 Å². The molecule has 0 spiro atoms. The molecule has 0 radical (unpaired) electrons. The number of esters is 1. The molecule has 0 aliphatic rings. The minimum Gasteiger partial charge on any atom is -0.463 e. The van der Waals surface area contributed by atoms with Gasteiger partial charge in [-0.05, 0) is 20.4 Å². The van der Waals surface area contributed by atoms with Crippen LogP contribution in [0.2, 0.25) is 6.55 Å². The van der Waals surface area contributed by atoms with E-state index in [-0.39, 0.29) is 12.2 Å². The molecule has 3 nitrogen and oxygen atoms in total. The summed E-state index contributed by atoms with van der Waals surface area (Å²) in [5.41, 5.74) is 0.817. The maximum absolute atomic E-state index is 11.1. The third-order valence-corrected chi connectivity index (χ3v) is 5.63. The molecule has 1 unspecified atom stereocenters. The molecule has 0 aliphatic carbocycles. The number of rotatable bonds is 6. The van der Waals surface area contributed by atoms with Crippen LogP contribution in [0.3, 0.4) is 0 Å². The van der Waals surface area contributed by atoms with Gasteiger partial charge in [0.1, 0.15) is 6.23 Å². The largest absolute Gasteiger partial charge is 0.463 e. The molecule has 0 amide bonds. The van der Waals surface area contributed by atoms with Crippen LogP contribution >= 0.6 is 11.6 Å². The van der Waals surface area contributed by atoms with Crippen molar-refractivity contribution >= 4 is 25.9 Å². The predicted octanol–water partition coefficient (Wildman–Crippen LogP) is 2.03. The number of hydrogen-bond acceptors (Lipinski definition) is 3. The maximum atomic E-state index is 11.1. The Morgan fingerprint density at radius 3 is 2.50 bits per heavy atom. The van der Waals surface area contributed by atoms with Crippen molar-refractivity contribution in [3.63, 3.8) is 0 Å². The molecule has 5 heteroatoms. The summed E-state index contributed by atoms with van der Waals surface area (Å²) in [4.78, 5) is 11.1. The molecule has 0 aliphatic heterocycles. The van der Waals surface area contributed by atoms with Gasteiger partial charge in [0.15, 0.2) is 0 Å². The van der Waals surface area contributed by atoms with E-state index in [1.54, 1.807) is 6.92 Å². The Kier molecular flexibility index (Phi) is 6.07. The standard InChI is InChI=1S/C9H17ClO3Si/c1-5-13-14(4,6-10)7-12-9(11)8(2)3/h2,5-7H2,1,3-4H3. The van der Waals surface area contributed by atoms with Gasteiger partial charge < -0.3 is 9.16 Å². The normalized spacial score (nSPS) is 14.6. The smallest absolute Gasteiger partial charge is 0.332 e. The molecule has 0 fully saturated rings. The molecule has 0 heterocycles. The molecule has 0 aromatic rings. The number of alkyl halides is 1. The minimum absolute atomic E-state index is 0.288. The van der Waals surface area contributed by atoms with Crippen LogP contribution in [0, 0.1) is 0 Å². The minimum atomic E-state index is -2.05. The highest BCUT2D eigenvalue weighted by Crippen LogP contribution is 2.09. The van der Waals surface area contributed by atoms with E-state index in [0.29, 0.717) is 17.7 Å². The zero-order chi connectivity index (χ0) is 11.2. The summed E-state index contributed by atoms with van der Waals surface area (Å²) >= 11 is 5.77. The molecule has 0 bridgehead atoms. The van der Waals surface area contributed by atoms with Gasteiger partial charge in [-0.25, -0.2) is 4.79 Å². The van der Waals surface area contributed by atoms with Crippen LogP contribution in [0.25, 0.3) is 0 Å². The van der Waals surface area contributed by atoms with Gasteiger partial charge in [-0.2, -0.15) is 0 Å². The molecule has 0 N–H and O–H groups in total. The third-order valence-electron chi connectivity index (χ3n) is 1.63. The second kappa shape index (κ2) is 6.21. The lowest BCUT2D eigenvalue weighted by Gasteiger charge is -2.23. The molecule has 1 atom stereocenters. The fraction of sp³-hybridized carbons (Fsp3) is 0.667. The van der Waals surface area contributed by atoms with Gasteiger partial charge >= 0.3 is 5.97 Å². The van der Waals surface area contributed by atoms with Crippen LogP contribution < -0.4 is 0 Å². The van der Waals surface area contributed by atoms with Crippen molar-refractivity contribution in [1.29, 1.82) is 0 Å². The highest BCUT2D eigenvalue weighted by Gasteiger charge is 2.29. The Bertz CT molecular complexity index is 220. The summed E-state index contributed by atoms with van der Waals surface area (Å²) in [7, 11) is -2.05. The van der Waals surface area contributed by atoms with Crippen molar-refractivity contribution in [2.24, 2.45) is 0 Å². The van der Waals surface area contributed by atoms with E-state index in [1.165, 1.54) is 0 Å². The fourth-order valence-corrected chi connectivity index (χ4v) is 2.64. The molecule has 0 rings (SSSR count). The van der Waals surface area contributed by atoms with Gasteiger partial charge in [-0.15, -0.1) is 11.6 Å². The van der Waals surface area contributed by atoms with Crippen LogP contribution in [0.5, 0.6) is 0 Å². The number of hydrogen-bond donors (Lipinski definition) is 0. The van der Waals surface area contributed by atoms with Gasteiger partial charge in [0.2, 0.25) is 8.32 Å². The number of halogens is 1. The summed E-state index contributed by atoms with van der Waals surface area (Å²) in [6.45, 7) is 9.55. The van der Waals surface area contributed by atoms with Crippen LogP contribution in [0.4, 0.5) is 0 Å². The molecule has 14 heavy (non-hydrogen) atoms. The first-order chi connectivity index (χ1) is 6.45. The van der Waals surface area contributed by atoms with Crippen LogP contribution in [0.1, 0.15) is 13.8 Å². The summed E-state index contributed by atoms with van der Waals surface area (Å²) in [6.07, 6.45) is 0.288. The summed E-state index contributed by atoms with van der Waals surface area (Å²) in [5.74, 6) is -0.381. The Morgan fingerprint density at radius 1 is 1.57 bits per heavy atom. The van der Waals surface area contributed by atoms with E-state index in [0.717, 1.165) is 0 Å². The number of ether oxygens (including phenoxy) is 1. The van der Waals surface area contributed by atoms with Gasteiger partial charge in [0, 0.05) is 17.7 Å². The molecule has 0 saturated heterocycles. The van der Waals surface area contributed by atoms with Gasteiger partial charge in [-0.3, -0.25) is 0 Å². The van der Waals surface area contributed by atoms with Crippen molar-refractivity contribution < 1.29 is 14.0 Å². The molecule has 0 aromatic carbocycles. The van der Waals surface area contributed by atoms with E-state index in [1.807, 2.05) is 13.5 Å². The van der Waals surface area contributed by atoms with E-state index in [9.17, 15) is 4.79 Å². The SMILES string of the molecule is C=C(C)C(=O)OC[Si](C)(CCl)OCC.